The highest BCUT2D eigenvalue weighted by Gasteiger charge is 2.60. The molecule has 1 aliphatic rings. The van der Waals surface area contributed by atoms with Crippen molar-refractivity contribution in [3.05, 3.63) is 34.7 Å². The Morgan fingerprint density at radius 1 is 1.20 bits per heavy atom. The number of aromatic nitrogens is 1. The van der Waals surface area contributed by atoms with Crippen LogP contribution in [0.5, 0.6) is 0 Å². The summed E-state index contributed by atoms with van der Waals surface area (Å²) in [6.07, 6.45) is -5.68. The molecule has 1 aliphatic carbocycles. The molecule has 1 saturated carbocycles. The number of alkyl halides is 5. The van der Waals surface area contributed by atoms with Crippen LogP contribution in [0.4, 0.5) is 22.0 Å². The lowest BCUT2D eigenvalue weighted by molar-refractivity contribution is -0.291. The maximum atomic E-state index is 13.7. The predicted octanol–water partition coefficient (Wildman–Crippen LogP) is 4.08. The van der Waals surface area contributed by atoms with Gasteiger partial charge in [0, 0.05) is 24.5 Å². The van der Waals surface area contributed by atoms with Crippen molar-refractivity contribution in [1.29, 1.82) is 0 Å². The number of aliphatic hydroxyl groups is 1. The monoisotopic (exact) mass is 437 g/mol. The fraction of sp³-hybridized carbons (Fsp3) is 0.526. The van der Waals surface area contributed by atoms with Gasteiger partial charge in [-0.05, 0) is 18.6 Å². The summed E-state index contributed by atoms with van der Waals surface area (Å²) >= 11 is 0. The van der Waals surface area contributed by atoms with Gasteiger partial charge < -0.3 is 14.6 Å². The Morgan fingerprint density at radius 2 is 1.83 bits per heavy atom. The van der Waals surface area contributed by atoms with Crippen molar-refractivity contribution < 1.29 is 46.1 Å². The number of Topliss-reactive ketones (excluding diaryl/α,β-unsaturated/α-hetero) is 2. The SMILES string of the molecule is COCOCc1nc(C(F)(F)C(F)(F)F)ccc1C(O)=C1C(=O)CCC(C)(C)C1=O. The molecule has 0 radical (unpaired) electrons. The van der Waals surface area contributed by atoms with Crippen LogP contribution in [-0.4, -0.2) is 41.7 Å². The average molecular weight is 437 g/mol. The number of carbonyl (C=O) groups is 2. The number of aliphatic hydroxyl groups excluding tert-OH is 1. The third kappa shape index (κ3) is 4.51. The maximum absolute atomic E-state index is 13.7. The molecule has 11 heteroatoms. The summed E-state index contributed by atoms with van der Waals surface area (Å²) in [7, 11) is 1.25. The topological polar surface area (TPSA) is 85.7 Å². The van der Waals surface area contributed by atoms with Crippen molar-refractivity contribution in [2.24, 2.45) is 5.41 Å². The number of allylic oxidation sites excluding steroid dienone is 1. The molecular formula is C19H20F5NO5. The Bertz CT molecular complexity index is 877. The first kappa shape index (κ1) is 23.9. The van der Waals surface area contributed by atoms with Gasteiger partial charge in [0.2, 0.25) is 0 Å². The molecule has 2 rings (SSSR count). The molecule has 1 fully saturated rings. The predicted molar refractivity (Wildman–Crippen MR) is 93.4 cm³/mol. The zero-order valence-electron chi connectivity index (χ0n) is 16.4. The van der Waals surface area contributed by atoms with Crippen molar-refractivity contribution in [2.45, 2.75) is 45.4 Å². The van der Waals surface area contributed by atoms with Crippen molar-refractivity contribution in [1.82, 2.24) is 4.98 Å². The molecule has 30 heavy (non-hydrogen) atoms. The third-order valence-electron chi connectivity index (χ3n) is 4.68. The van der Waals surface area contributed by atoms with E-state index in [2.05, 4.69) is 9.72 Å². The fourth-order valence-corrected chi connectivity index (χ4v) is 2.87. The zero-order chi connectivity index (χ0) is 22.9. The third-order valence-corrected chi connectivity index (χ3v) is 4.68. The van der Waals surface area contributed by atoms with E-state index in [1.165, 1.54) is 7.11 Å². The molecule has 166 valence electrons. The number of carbonyl (C=O) groups excluding carboxylic acids is 2. The minimum atomic E-state index is -5.90. The molecule has 0 aliphatic heterocycles. The number of rotatable bonds is 6. The summed E-state index contributed by atoms with van der Waals surface area (Å²) in [6, 6.07) is 1.13. The zero-order valence-corrected chi connectivity index (χ0v) is 16.4. The standard InChI is InChI=1S/C19H20F5NO5/c1-17(2)7-6-12(26)14(16(17)28)15(27)10-4-5-13(18(20,21)19(22,23)24)25-11(10)8-30-9-29-3/h4-5,27H,6-9H2,1-3H3. The van der Waals surface area contributed by atoms with Crippen LogP contribution in [0, 0.1) is 5.41 Å². The van der Waals surface area contributed by atoms with Crippen LogP contribution in [0.1, 0.15) is 43.6 Å². The lowest BCUT2D eigenvalue weighted by Crippen LogP contribution is -2.36. The second-order valence-electron chi connectivity index (χ2n) is 7.38. The molecule has 0 unspecified atom stereocenters. The van der Waals surface area contributed by atoms with Crippen LogP contribution >= 0.6 is 0 Å². The normalized spacial score (nSPS) is 19.2. The summed E-state index contributed by atoms with van der Waals surface area (Å²) in [5.41, 5.74) is -3.99. The largest absolute Gasteiger partial charge is 0.506 e. The number of nitrogens with zero attached hydrogens (tertiary/aromatic N) is 1. The summed E-state index contributed by atoms with van der Waals surface area (Å²) in [4.78, 5) is 28.2. The summed E-state index contributed by atoms with van der Waals surface area (Å²) in [5.74, 6) is -7.43. The summed E-state index contributed by atoms with van der Waals surface area (Å²) in [6.45, 7) is 2.18. The first-order valence-electron chi connectivity index (χ1n) is 8.77. The van der Waals surface area contributed by atoms with Gasteiger partial charge >= 0.3 is 12.1 Å². The van der Waals surface area contributed by atoms with Crippen molar-refractivity contribution in [2.75, 3.05) is 13.9 Å². The smallest absolute Gasteiger partial charge is 0.459 e. The Hall–Kier alpha value is -2.40. The summed E-state index contributed by atoms with van der Waals surface area (Å²) < 4.78 is 75.1. The van der Waals surface area contributed by atoms with Crippen molar-refractivity contribution >= 4 is 17.3 Å². The highest BCUT2D eigenvalue weighted by Crippen LogP contribution is 2.43. The van der Waals surface area contributed by atoms with E-state index >= 15 is 0 Å². The molecule has 1 aromatic heterocycles. The number of pyridine rings is 1. The van der Waals surface area contributed by atoms with Gasteiger partial charge in [0.15, 0.2) is 11.6 Å². The number of methoxy groups -OCH3 is 1. The highest BCUT2D eigenvalue weighted by atomic mass is 19.4. The van der Waals surface area contributed by atoms with E-state index in [0.717, 1.165) is 6.07 Å². The molecule has 0 aromatic carbocycles. The Balaban J connectivity index is 2.63. The molecule has 1 aromatic rings. The Kier molecular flexibility index (Phi) is 6.67. The number of ether oxygens (including phenoxy) is 2. The van der Waals surface area contributed by atoms with Crippen LogP contribution in [0.15, 0.2) is 17.7 Å². The van der Waals surface area contributed by atoms with Crippen LogP contribution in [-0.2, 0) is 31.6 Å². The van der Waals surface area contributed by atoms with E-state index in [1.807, 2.05) is 0 Å². The Labute approximate surface area is 168 Å². The Morgan fingerprint density at radius 3 is 2.40 bits per heavy atom. The van der Waals surface area contributed by atoms with Gasteiger partial charge in [0.1, 0.15) is 23.8 Å². The highest BCUT2D eigenvalue weighted by molar-refractivity contribution is 6.27. The minimum Gasteiger partial charge on any atom is -0.506 e. The van der Waals surface area contributed by atoms with E-state index < -0.39 is 58.4 Å². The van der Waals surface area contributed by atoms with E-state index in [9.17, 15) is 36.6 Å². The van der Waals surface area contributed by atoms with Crippen LogP contribution in [0.25, 0.3) is 5.76 Å². The van der Waals surface area contributed by atoms with Gasteiger partial charge in [-0.25, -0.2) is 4.98 Å². The average Bonchev–Trinajstić information content (AvgIpc) is 2.64. The van der Waals surface area contributed by atoms with E-state index in [4.69, 9.17) is 4.74 Å². The van der Waals surface area contributed by atoms with Crippen molar-refractivity contribution in [3.8, 4) is 0 Å². The van der Waals surface area contributed by atoms with Crippen LogP contribution in [0.3, 0.4) is 0 Å². The summed E-state index contributed by atoms with van der Waals surface area (Å²) in [5, 5.41) is 10.6. The molecule has 0 atom stereocenters. The first-order chi connectivity index (χ1) is 13.7. The van der Waals surface area contributed by atoms with Gasteiger partial charge in [-0.3, -0.25) is 9.59 Å². The van der Waals surface area contributed by atoms with Gasteiger partial charge in [-0.2, -0.15) is 22.0 Å². The van der Waals surface area contributed by atoms with E-state index in [1.54, 1.807) is 13.8 Å². The second kappa shape index (κ2) is 8.38. The quantitative estimate of drug-likeness (QED) is 0.180. The van der Waals surface area contributed by atoms with Crippen LogP contribution < -0.4 is 0 Å². The fourth-order valence-electron chi connectivity index (χ4n) is 2.87. The number of hydrogen-bond acceptors (Lipinski definition) is 6. The number of ketones is 2. The van der Waals surface area contributed by atoms with Crippen LogP contribution in [0.2, 0.25) is 0 Å². The van der Waals surface area contributed by atoms with Crippen molar-refractivity contribution in [3.63, 3.8) is 0 Å². The molecule has 6 nitrogen and oxygen atoms in total. The minimum absolute atomic E-state index is 0.0364. The van der Waals surface area contributed by atoms with Gasteiger partial charge in [-0.15, -0.1) is 0 Å². The number of hydrogen-bond donors (Lipinski definition) is 1. The maximum Gasteiger partial charge on any atom is 0.459 e. The van der Waals surface area contributed by atoms with Gasteiger partial charge in [-0.1, -0.05) is 13.8 Å². The van der Waals surface area contributed by atoms with Gasteiger partial charge in [0.05, 0.1) is 12.3 Å². The molecule has 1 N–H and O–H groups in total. The van der Waals surface area contributed by atoms with E-state index in [0.29, 0.717) is 6.07 Å². The molecule has 0 amide bonds. The lowest BCUT2D eigenvalue weighted by atomic mass is 9.72. The molecule has 0 bridgehead atoms. The number of halogens is 5. The first-order valence-corrected chi connectivity index (χ1v) is 8.77. The van der Waals surface area contributed by atoms with Gasteiger partial charge in [0.25, 0.3) is 0 Å². The molecule has 0 saturated heterocycles. The second-order valence-corrected chi connectivity index (χ2v) is 7.38. The molecule has 1 heterocycles. The van der Waals surface area contributed by atoms with E-state index in [-0.39, 0.29) is 25.2 Å². The molecular weight excluding hydrogens is 417 g/mol. The lowest BCUT2D eigenvalue weighted by Gasteiger charge is -2.29. The molecule has 0 spiro atoms.